The molecule has 9 heteroatoms. The van der Waals surface area contributed by atoms with Crippen molar-refractivity contribution in [3.63, 3.8) is 0 Å². The van der Waals surface area contributed by atoms with Crippen LogP contribution in [0.1, 0.15) is 40.9 Å². The number of hydrogen-bond acceptors (Lipinski definition) is 4. The molecule has 0 fully saturated rings. The fraction of sp³-hybridized carbons (Fsp3) is 0.240. The third kappa shape index (κ3) is 6.60. The predicted molar refractivity (Wildman–Crippen MR) is 144 cm³/mol. The fourth-order valence-electron chi connectivity index (χ4n) is 3.71. The van der Waals surface area contributed by atoms with Gasteiger partial charge in [0.15, 0.2) is 11.7 Å². The van der Waals surface area contributed by atoms with E-state index in [1.807, 2.05) is 49.4 Å². The van der Waals surface area contributed by atoms with Gasteiger partial charge in [0.25, 0.3) is 5.91 Å². The number of anilines is 2. The molecule has 2 aromatic carbocycles. The molecule has 0 saturated carbocycles. The van der Waals surface area contributed by atoms with Gasteiger partial charge in [0, 0.05) is 36.8 Å². The highest BCUT2D eigenvalue weighted by Gasteiger charge is 2.24. The number of benzene rings is 2. The van der Waals surface area contributed by atoms with Gasteiger partial charge in [0.1, 0.15) is 0 Å². The highest BCUT2D eigenvalue weighted by Crippen LogP contribution is 2.31. The van der Waals surface area contributed by atoms with Crippen LogP contribution < -0.4 is 21.3 Å². The van der Waals surface area contributed by atoms with E-state index in [0.717, 1.165) is 23.4 Å². The number of amides is 2. The van der Waals surface area contributed by atoms with Crippen LogP contribution in [0.15, 0.2) is 76.3 Å². The molecular formula is C25H28IN5O3. The summed E-state index contributed by atoms with van der Waals surface area (Å²) in [4.78, 5) is 28.8. The lowest BCUT2D eigenvalue weighted by atomic mass is 9.90. The van der Waals surface area contributed by atoms with Crippen molar-refractivity contribution in [3.8, 4) is 0 Å². The molecule has 8 nitrogen and oxygen atoms in total. The Bertz CT molecular complexity index is 1130. The minimum absolute atomic E-state index is 0. The Kier molecular flexibility index (Phi) is 9.08. The largest absolute Gasteiger partial charge is 0.459 e. The molecule has 1 aliphatic heterocycles. The Morgan fingerprint density at radius 1 is 1.09 bits per heavy atom. The fourth-order valence-corrected chi connectivity index (χ4v) is 3.71. The van der Waals surface area contributed by atoms with Crippen molar-refractivity contribution in [2.24, 2.45) is 4.99 Å². The molecule has 1 aliphatic rings. The Balaban J connectivity index is 0.00000324. The summed E-state index contributed by atoms with van der Waals surface area (Å²) in [6.07, 6.45) is 1.91. The van der Waals surface area contributed by atoms with Crippen molar-refractivity contribution >= 4 is 53.1 Å². The lowest BCUT2D eigenvalue weighted by Gasteiger charge is -2.26. The van der Waals surface area contributed by atoms with E-state index in [1.54, 1.807) is 12.1 Å². The van der Waals surface area contributed by atoms with Gasteiger partial charge in [-0.2, -0.15) is 0 Å². The molecule has 178 valence electrons. The first-order valence-corrected chi connectivity index (χ1v) is 11.0. The predicted octanol–water partition coefficient (Wildman–Crippen LogP) is 4.33. The summed E-state index contributed by atoms with van der Waals surface area (Å²) in [5.41, 5.74) is 3.70. The van der Waals surface area contributed by atoms with E-state index in [2.05, 4.69) is 32.3 Å². The number of furan rings is 1. The molecule has 0 radical (unpaired) electrons. The van der Waals surface area contributed by atoms with E-state index in [0.29, 0.717) is 31.2 Å². The SMILES string of the molecule is CCNC(=NCc1ccc(NC(=O)c2ccco2)cc1)NCC1CC(=O)Nc2ccccc21.I. The molecule has 1 unspecified atom stereocenters. The van der Waals surface area contributed by atoms with Gasteiger partial charge >= 0.3 is 0 Å². The molecular weight excluding hydrogens is 545 g/mol. The summed E-state index contributed by atoms with van der Waals surface area (Å²) < 4.78 is 5.11. The molecule has 34 heavy (non-hydrogen) atoms. The van der Waals surface area contributed by atoms with Crippen molar-refractivity contribution in [1.82, 2.24) is 10.6 Å². The average molecular weight is 573 g/mol. The van der Waals surface area contributed by atoms with Crippen molar-refractivity contribution in [2.45, 2.75) is 25.8 Å². The number of aliphatic imine (C=N–C) groups is 1. The third-order valence-electron chi connectivity index (χ3n) is 5.34. The second-order valence-electron chi connectivity index (χ2n) is 7.74. The summed E-state index contributed by atoms with van der Waals surface area (Å²) in [7, 11) is 0. The molecule has 2 heterocycles. The highest BCUT2D eigenvalue weighted by molar-refractivity contribution is 14.0. The standard InChI is InChI=1S/C25H27N5O3.HI/c1-2-26-25(28-16-18-14-23(31)30-21-7-4-3-6-20(18)21)27-15-17-9-11-19(12-10-17)29-24(32)22-8-5-13-33-22;/h3-13,18H,2,14-16H2,1H3,(H,29,32)(H,30,31)(H2,26,27,28);1H. The van der Waals surface area contributed by atoms with Gasteiger partial charge in [-0.15, -0.1) is 24.0 Å². The van der Waals surface area contributed by atoms with Crippen molar-refractivity contribution in [2.75, 3.05) is 23.7 Å². The van der Waals surface area contributed by atoms with Gasteiger partial charge in [0.05, 0.1) is 12.8 Å². The number of rotatable bonds is 7. The van der Waals surface area contributed by atoms with E-state index in [1.165, 1.54) is 6.26 Å². The summed E-state index contributed by atoms with van der Waals surface area (Å²) in [6, 6.07) is 18.7. The lowest BCUT2D eigenvalue weighted by Crippen LogP contribution is -2.40. The van der Waals surface area contributed by atoms with E-state index in [-0.39, 0.29) is 47.5 Å². The minimum Gasteiger partial charge on any atom is -0.459 e. The van der Waals surface area contributed by atoms with Crippen molar-refractivity contribution in [1.29, 1.82) is 0 Å². The summed E-state index contributed by atoms with van der Waals surface area (Å²) in [5, 5.41) is 12.3. The number of nitrogens with one attached hydrogen (secondary N) is 4. The lowest BCUT2D eigenvalue weighted by molar-refractivity contribution is -0.116. The Labute approximate surface area is 215 Å². The first-order valence-electron chi connectivity index (χ1n) is 11.0. The molecule has 0 bridgehead atoms. The van der Waals surface area contributed by atoms with Gasteiger partial charge < -0.3 is 25.7 Å². The highest BCUT2D eigenvalue weighted by atomic mass is 127. The van der Waals surface area contributed by atoms with Gasteiger partial charge in [-0.3, -0.25) is 9.59 Å². The molecule has 2 amide bonds. The number of nitrogens with zero attached hydrogens (tertiary/aromatic N) is 1. The number of hydrogen-bond donors (Lipinski definition) is 4. The number of carbonyl (C=O) groups excluding carboxylic acids is 2. The zero-order valence-corrected chi connectivity index (χ0v) is 21.2. The first-order chi connectivity index (χ1) is 16.1. The van der Waals surface area contributed by atoms with E-state index >= 15 is 0 Å². The third-order valence-corrected chi connectivity index (χ3v) is 5.34. The van der Waals surface area contributed by atoms with Gasteiger partial charge in [-0.25, -0.2) is 4.99 Å². The van der Waals surface area contributed by atoms with E-state index in [9.17, 15) is 9.59 Å². The van der Waals surface area contributed by atoms with Crippen LogP contribution in [0.4, 0.5) is 11.4 Å². The molecule has 4 rings (SSSR count). The Hall–Kier alpha value is -3.34. The number of fused-ring (bicyclic) bond motifs is 1. The van der Waals surface area contributed by atoms with Crippen molar-refractivity contribution < 1.29 is 14.0 Å². The molecule has 1 aromatic heterocycles. The average Bonchev–Trinajstić information content (AvgIpc) is 3.37. The van der Waals surface area contributed by atoms with Crippen LogP contribution in [0, 0.1) is 0 Å². The van der Waals surface area contributed by atoms with Crippen molar-refractivity contribution in [3.05, 3.63) is 83.8 Å². The molecule has 0 aliphatic carbocycles. The quantitative estimate of drug-likeness (QED) is 0.191. The van der Waals surface area contributed by atoms with Crippen LogP contribution in [0.5, 0.6) is 0 Å². The molecule has 0 spiro atoms. The second-order valence-corrected chi connectivity index (χ2v) is 7.74. The van der Waals surface area contributed by atoms with E-state index < -0.39 is 0 Å². The number of para-hydroxylation sites is 1. The van der Waals surface area contributed by atoms with Crippen LogP contribution in [0.25, 0.3) is 0 Å². The monoisotopic (exact) mass is 573 g/mol. The van der Waals surface area contributed by atoms with Crippen LogP contribution in [0.3, 0.4) is 0 Å². The number of guanidine groups is 1. The van der Waals surface area contributed by atoms with Crippen LogP contribution in [-0.4, -0.2) is 30.9 Å². The number of halogens is 1. The molecule has 1 atom stereocenters. The molecule has 3 aromatic rings. The van der Waals surface area contributed by atoms with Crippen LogP contribution in [-0.2, 0) is 11.3 Å². The zero-order chi connectivity index (χ0) is 23.0. The smallest absolute Gasteiger partial charge is 0.291 e. The van der Waals surface area contributed by atoms with Gasteiger partial charge in [0.2, 0.25) is 5.91 Å². The summed E-state index contributed by atoms with van der Waals surface area (Å²) in [5.74, 6) is 0.777. The maximum Gasteiger partial charge on any atom is 0.291 e. The summed E-state index contributed by atoms with van der Waals surface area (Å²) in [6.45, 7) is 3.82. The topological polar surface area (TPSA) is 108 Å². The second kappa shape index (κ2) is 12.2. The summed E-state index contributed by atoms with van der Waals surface area (Å²) >= 11 is 0. The van der Waals surface area contributed by atoms with Crippen LogP contribution >= 0.6 is 24.0 Å². The minimum atomic E-state index is -0.289. The van der Waals surface area contributed by atoms with E-state index in [4.69, 9.17) is 4.42 Å². The molecule has 4 N–H and O–H groups in total. The van der Waals surface area contributed by atoms with Gasteiger partial charge in [-0.1, -0.05) is 30.3 Å². The Morgan fingerprint density at radius 3 is 2.62 bits per heavy atom. The maximum absolute atomic E-state index is 12.1. The zero-order valence-electron chi connectivity index (χ0n) is 18.8. The number of carbonyl (C=O) groups is 2. The van der Waals surface area contributed by atoms with Gasteiger partial charge in [-0.05, 0) is 48.4 Å². The van der Waals surface area contributed by atoms with Crippen LogP contribution in [0.2, 0.25) is 0 Å². The molecule has 0 saturated heterocycles. The maximum atomic E-state index is 12.1. The Morgan fingerprint density at radius 2 is 1.88 bits per heavy atom. The normalized spacial score (nSPS) is 14.9. The first kappa shape index (κ1) is 25.3.